The predicted molar refractivity (Wildman–Crippen MR) is 106 cm³/mol. The van der Waals surface area contributed by atoms with Gasteiger partial charge in [-0.1, -0.05) is 72.3 Å². The molecule has 0 spiro atoms. The number of likely N-dealkylation sites (N-methyl/N-ethyl adjacent to an activating group) is 1. The number of carbonyl (C=O) groups excluding carboxylic acids is 1. The SMILES string of the molecule is CN(CC1=CCNCC1)C(=O)C(O)(c1ccccc1)c1ccccc1.Cl. The molecule has 0 bridgehead atoms. The van der Waals surface area contributed by atoms with E-state index in [0.29, 0.717) is 17.7 Å². The smallest absolute Gasteiger partial charge is 0.264 e. The minimum absolute atomic E-state index is 0. The third kappa shape index (κ3) is 4.15. The zero-order valence-corrected chi connectivity index (χ0v) is 15.7. The van der Waals surface area contributed by atoms with Gasteiger partial charge in [0, 0.05) is 20.1 Å². The summed E-state index contributed by atoms with van der Waals surface area (Å²) in [6, 6.07) is 18.3. The Bertz CT molecular complexity index is 708. The highest BCUT2D eigenvalue weighted by atomic mass is 35.5. The number of amides is 1. The third-order valence-corrected chi connectivity index (χ3v) is 4.64. The Balaban J connectivity index is 0.00000243. The number of halogens is 1. The first-order valence-corrected chi connectivity index (χ1v) is 8.60. The summed E-state index contributed by atoms with van der Waals surface area (Å²) >= 11 is 0. The Morgan fingerprint density at radius 3 is 2.08 bits per heavy atom. The van der Waals surface area contributed by atoms with Crippen LogP contribution in [-0.4, -0.2) is 42.6 Å². The van der Waals surface area contributed by atoms with Crippen LogP contribution in [0.4, 0.5) is 0 Å². The van der Waals surface area contributed by atoms with Crippen LogP contribution in [0.15, 0.2) is 72.3 Å². The normalized spacial score (nSPS) is 14.2. The van der Waals surface area contributed by atoms with Crippen LogP contribution in [0.3, 0.4) is 0 Å². The number of nitrogens with one attached hydrogen (secondary N) is 1. The van der Waals surface area contributed by atoms with Crippen molar-refractivity contribution >= 4 is 18.3 Å². The van der Waals surface area contributed by atoms with Gasteiger partial charge in [-0.3, -0.25) is 4.79 Å². The van der Waals surface area contributed by atoms with E-state index in [1.165, 1.54) is 5.57 Å². The van der Waals surface area contributed by atoms with Gasteiger partial charge in [0.2, 0.25) is 0 Å². The van der Waals surface area contributed by atoms with Gasteiger partial charge in [0.1, 0.15) is 0 Å². The molecule has 1 amide bonds. The molecule has 2 N–H and O–H groups in total. The van der Waals surface area contributed by atoms with E-state index in [0.717, 1.165) is 19.5 Å². The minimum Gasteiger partial charge on any atom is -0.372 e. The first kappa shape index (κ1) is 20.2. The third-order valence-electron chi connectivity index (χ3n) is 4.64. The van der Waals surface area contributed by atoms with Crippen molar-refractivity contribution in [1.82, 2.24) is 10.2 Å². The van der Waals surface area contributed by atoms with Crippen molar-refractivity contribution in [1.29, 1.82) is 0 Å². The van der Waals surface area contributed by atoms with Crippen molar-refractivity contribution in [2.75, 3.05) is 26.7 Å². The highest BCUT2D eigenvalue weighted by Crippen LogP contribution is 2.31. The molecule has 5 heteroatoms. The van der Waals surface area contributed by atoms with E-state index in [-0.39, 0.29) is 18.3 Å². The van der Waals surface area contributed by atoms with Crippen LogP contribution < -0.4 is 5.32 Å². The summed E-state index contributed by atoms with van der Waals surface area (Å²) in [6.45, 7) is 2.29. The van der Waals surface area contributed by atoms with Gasteiger partial charge in [-0.25, -0.2) is 0 Å². The highest BCUT2D eigenvalue weighted by molar-refractivity contribution is 5.90. The van der Waals surface area contributed by atoms with Crippen LogP contribution in [0.5, 0.6) is 0 Å². The van der Waals surface area contributed by atoms with Crippen molar-refractivity contribution in [3.63, 3.8) is 0 Å². The monoisotopic (exact) mass is 372 g/mol. The molecule has 26 heavy (non-hydrogen) atoms. The summed E-state index contributed by atoms with van der Waals surface area (Å²) in [5.74, 6) is -0.315. The van der Waals surface area contributed by atoms with E-state index in [2.05, 4.69) is 11.4 Å². The Labute approximate surface area is 160 Å². The standard InChI is InChI=1S/C21H24N2O2.ClH/c1-23(16-17-12-14-22-15-13-17)20(24)21(25,18-8-4-2-5-9-18)19-10-6-3-7-11-19;/h2-12,22,25H,13-16H2,1H3;1H. The molecule has 0 radical (unpaired) electrons. The maximum absolute atomic E-state index is 13.3. The number of rotatable bonds is 5. The topological polar surface area (TPSA) is 52.6 Å². The maximum Gasteiger partial charge on any atom is 0.264 e. The molecular weight excluding hydrogens is 348 g/mol. The first-order chi connectivity index (χ1) is 12.1. The van der Waals surface area contributed by atoms with Crippen molar-refractivity contribution in [3.05, 3.63) is 83.4 Å². The molecule has 0 saturated carbocycles. The maximum atomic E-state index is 13.3. The number of hydrogen-bond acceptors (Lipinski definition) is 3. The van der Waals surface area contributed by atoms with E-state index < -0.39 is 5.60 Å². The molecule has 2 aromatic rings. The Morgan fingerprint density at radius 1 is 1.08 bits per heavy atom. The number of benzene rings is 2. The largest absolute Gasteiger partial charge is 0.372 e. The van der Waals surface area contributed by atoms with Crippen LogP contribution in [0.1, 0.15) is 17.5 Å². The summed E-state index contributed by atoms with van der Waals surface area (Å²) in [5, 5.41) is 14.8. The van der Waals surface area contributed by atoms with E-state index in [9.17, 15) is 9.90 Å². The molecule has 0 aliphatic carbocycles. The van der Waals surface area contributed by atoms with Gasteiger partial charge >= 0.3 is 0 Å². The summed E-state index contributed by atoms with van der Waals surface area (Å²) < 4.78 is 0. The van der Waals surface area contributed by atoms with Gasteiger partial charge in [-0.15, -0.1) is 12.4 Å². The van der Waals surface area contributed by atoms with Gasteiger partial charge in [-0.05, 0) is 24.1 Å². The lowest BCUT2D eigenvalue weighted by Gasteiger charge is -2.33. The van der Waals surface area contributed by atoms with Gasteiger partial charge in [-0.2, -0.15) is 0 Å². The van der Waals surface area contributed by atoms with E-state index in [1.807, 2.05) is 36.4 Å². The average Bonchev–Trinajstić information content (AvgIpc) is 2.69. The average molecular weight is 373 g/mol. The number of nitrogens with zero attached hydrogens (tertiary/aromatic N) is 1. The number of carbonyl (C=O) groups is 1. The second-order valence-corrected chi connectivity index (χ2v) is 6.42. The van der Waals surface area contributed by atoms with Gasteiger partial charge in [0.15, 0.2) is 5.60 Å². The van der Waals surface area contributed by atoms with Crippen molar-refractivity contribution < 1.29 is 9.90 Å². The minimum atomic E-state index is -1.69. The van der Waals surface area contributed by atoms with Crippen molar-refractivity contribution in [2.45, 2.75) is 12.0 Å². The second kappa shape index (κ2) is 8.99. The van der Waals surface area contributed by atoms with Crippen LogP contribution in [0.2, 0.25) is 0 Å². The molecule has 0 unspecified atom stereocenters. The fraction of sp³-hybridized carbons (Fsp3) is 0.286. The Kier molecular flexibility index (Phi) is 6.98. The Morgan fingerprint density at radius 2 is 1.62 bits per heavy atom. The molecule has 1 heterocycles. The van der Waals surface area contributed by atoms with Crippen molar-refractivity contribution in [3.8, 4) is 0 Å². The molecule has 0 fully saturated rings. The lowest BCUT2D eigenvalue weighted by molar-refractivity contribution is -0.146. The summed E-state index contributed by atoms with van der Waals surface area (Å²) in [7, 11) is 1.75. The lowest BCUT2D eigenvalue weighted by atomic mass is 9.85. The van der Waals surface area contributed by atoms with Gasteiger partial charge < -0.3 is 15.3 Å². The molecule has 3 rings (SSSR count). The van der Waals surface area contributed by atoms with E-state index in [4.69, 9.17) is 0 Å². The zero-order chi connectivity index (χ0) is 17.7. The molecule has 138 valence electrons. The van der Waals surface area contributed by atoms with Crippen molar-refractivity contribution in [2.24, 2.45) is 0 Å². The molecule has 0 saturated heterocycles. The molecule has 4 nitrogen and oxygen atoms in total. The second-order valence-electron chi connectivity index (χ2n) is 6.42. The predicted octanol–water partition coefficient (Wildman–Crippen LogP) is 2.72. The highest BCUT2D eigenvalue weighted by Gasteiger charge is 2.41. The molecule has 0 aromatic heterocycles. The summed E-state index contributed by atoms with van der Waals surface area (Å²) in [4.78, 5) is 14.9. The summed E-state index contributed by atoms with van der Waals surface area (Å²) in [6.07, 6.45) is 3.05. The molecule has 1 aliphatic heterocycles. The summed E-state index contributed by atoms with van der Waals surface area (Å²) in [5.41, 5.74) is 0.692. The number of hydrogen-bond donors (Lipinski definition) is 2. The van der Waals surface area contributed by atoms with Crippen LogP contribution >= 0.6 is 12.4 Å². The molecule has 1 aliphatic rings. The lowest BCUT2D eigenvalue weighted by Crippen LogP contribution is -2.47. The first-order valence-electron chi connectivity index (χ1n) is 8.60. The van der Waals surface area contributed by atoms with E-state index >= 15 is 0 Å². The zero-order valence-electron chi connectivity index (χ0n) is 14.9. The molecule has 2 aromatic carbocycles. The van der Waals surface area contributed by atoms with Crippen LogP contribution in [-0.2, 0) is 10.4 Å². The van der Waals surface area contributed by atoms with Gasteiger partial charge in [0.25, 0.3) is 5.91 Å². The van der Waals surface area contributed by atoms with E-state index in [1.54, 1.807) is 36.2 Å². The molecular formula is C21H25ClN2O2. The molecule has 0 atom stereocenters. The van der Waals surface area contributed by atoms with Crippen LogP contribution in [0, 0.1) is 0 Å². The fourth-order valence-electron chi connectivity index (χ4n) is 3.24. The van der Waals surface area contributed by atoms with Crippen LogP contribution in [0.25, 0.3) is 0 Å². The quantitative estimate of drug-likeness (QED) is 0.793. The fourth-order valence-corrected chi connectivity index (χ4v) is 3.24. The van der Waals surface area contributed by atoms with Gasteiger partial charge in [0.05, 0.1) is 0 Å². The number of aliphatic hydroxyl groups is 1. The Hall–Kier alpha value is -2.14.